The molecule has 0 radical (unpaired) electrons. The summed E-state index contributed by atoms with van der Waals surface area (Å²) < 4.78 is 0. The number of thiophene rings is 1. The molecule has 1 atom stereocenters. The molecule has 1 saturated heterocycles. The fourth-order valence-corrected chi connectivity index (χ4v) is 4.77. The van der Waals surface area contributed by atoms with Gasteiger partial charge in [-0.1, -0.05) is 0 Å². The first-order chi connectivity index (χ1) is 14.3. The number of ketones is 2. The van der Waals surface area contributed by atoms with Crippen molar-refractivity contribution in [3.8, 4) is 5.75 Å². The first kappa shape index (κ1) is 20.0. The van der Waals surface area contributed by atoms with Crippen molar-refractivity contribution in [2.45, 2.75) is 38.3 Å². The molecule has 0 spiro atoms. The molecule has 1 aromatic carbocycles. The molecule has 30 heavy (non-hydrogen) atoms. The number of nitrogens with one attached hydrogen (secondary N) is 1. The first-order valence-corrected chi connectivity index (χ1v) is 10.3. The third-order valence-electron chi connectivity index (χ3n) is 5.35. The molecule has 2 aliphatic heterocycles. The van der Waals surface area contributed by atoms with Crippen LogP contribution in [0.1, 0.15) is 50.4 Å². The van der Waals surface area contributed by atoms with E-state index in [1.165, 1.54) is 40.5 Å². The number of hydrogen-bond acceptors (Lipinski definition) is 7. The average molecular weight is 426 g/mol. The maximum absolute atomic E-state index is 12.7. The van der Waals surface area contributed by atoms with Crippen LogP contribution >= 0.6 is 11.3 Å². The van der Waals surface area contributed by atoms with Gasteiger partial charge in [0.1, 0.15) is 11.8 Å². The minimum absolute atomic E-state index is 0.000724. The van der Waals surface area contributed by atoms with E-state index in [-0.39, 0.29) is 42.5 Å². The normalized spacial score (nSPS) is 18.3. The largest absolute Gasteiger partial charge is 0.508 e. The average Bonchev–Trinajstić information content (AvgIpc) is 3.26. The fourth-order valence-electron chi connectivity index (χ4n) is 3.73. The van der Waals surface area contributed by atoms with Gasteiger partial charge in [-0.3, -0.25) is 29.3 Å². The summed E-state index contributed by atoms with van der Waals surface area (Å²) in [6.07, 6.45) is 0.797. The van der Waals surface area contributed by atoms with Crippen LogP contribution in [0.2, 0.25) is 0 Å². The van der Waals surface area contributed by atoms with Crippen molar-refractivity contribution in [2.75, 3.05) is 0 Å². The number of phenolic OH excluding ortho intramolecular Hbond substituents is 1. The minimum Gasteiger partial charge on any atom is -0.508 e. The maximum Gasteiger partial charge on any atom is 0.256 e. The van der Waals surface area contributed by atoms with Crippen LogP contribution in [0.15, 0.2) is 29.6 Å². The number of Topliss-reactive ketones (excluding diaryl/α,β-unsaturated/α-hetero) is 2. The number of hydrogen-bond donors (Lipinski definition) is 2. The van der Waals surface area contributed by atoms with Crippen LogP contribution in [-0.2, 0) is 27.3 Å². The van der Waals surface area contributed by atoms with Gasteiger partial charge in [-0.25, -0.2) is 0 Å². The number of phenols is 1. The Morgan fingerprint density at radius 3 is 2.60 bits per heavy atom. The van der Waals surface area contributed by atoms with E-state index >= 15 is 0 Å². The lowest BCUT2D eigenvalue weighted by Crippen LogP contribution is -2.52. The maximum atomic E-state index is 12.7. The van der Waals surface area contributed by atoms with Crippen LogP contribution in [0.5, 0.6) is 5.75 Å². The highest BCUT2D eigenvalue weighted by molar-refractivity contribution is 7.10. The van der Waals surface area contributed by atoms with Crippen molar-refractivity contribution in [1.29, 1.82) is 0 Å². The molecule has 2 aliphatic rings. The third-order valence-corrected chi connectivity index (χ3v) is 6.44. The highest BCUT2D eigenvalue weighted by atomic mass is 32.1. The molecule has 1 aromatic heterocycles. The summed E-state index contributed by atoms with van der Waals surface area (Å²) in [5, 5.41) is 13.3. The van der Waals surface area contributed by atoms with Crippen molar-refractivity contribution in [3.05, 3.63) is 51.2 Å². The van der Waals surface area contributed by atoms with Gasteiger partial charge in [0.2, 0.25) is 23.4 Å². The zero-order valence-corrected chi connectivity index (χ0v) is 16.7. The SMILES string of the molecule is O=C1CCC(N2Cc3c(csc3CCC(=O)C(=O)c3ccc(O)cc3)C2=O)C(=O)N1. The van der Waals surface area contributed by atoms with Crippen molar-refractivity contribution >= 4 is 40.6 Å². The molecule has 8 nitrogen and oxygen atoms in total. The predicted octanol–water partition coefficient (Wildman–Crippen LogP) is 1.60. The van der Waals surface area contributed by atoms with Gasteiger partial charge in [-0.2, -0.15) is 0 Å². The molecular weight excluding hydrogens is 408 g/mol. The number of amides is 3. The Balaban J connectivity index is 1.42. The second-order valence-corrected chi connectivity index (χ2v) is 8.21. The van der Waals surface area contributed by atoms with E-state index in [0.29, 0.717) is 18.4 Å². The number of nitrogens with zero attached hydrogens (tertiary/aromatic N) is 1. The standard InChI is InChI=1S/C21H18N2O6S/c24-12-3-1-11(2-4-12)19(27)16(25)6-7-17-13-9-23(21(29)14(13)10-30-17)15-5-8-18(26)22-20(15)28/h1-4,10,15,24H,5-9H2,(H,22,26,28). The Kier molecular flexibility index (Phi) is 5.21. The van der Waals surface area contributed by atoms with Gasteiger partial charge < -0.3 is 10.0 Å². The number of imide groups is 1. The second-order valence-electron chi connectivity index (χ2n) is 7.25. The lowest BCUT2D eigenvalue weighted by molar-refractivity contribution is -0.136. The summed E-state index contributed by atoms with van der Waals surface area (Å²) in [5.74, 6) is -2.22. The number of benzene rings is 1. The van der Waals surface area contributed by atoms with E-state index in [4.69, 9.17) is 0 Å². The van der Waals surface area contributed by atoms with E-state index in [1.807, 2.05) is 0 Å². The molecule has 0 bridgehead atoms. The van der Waals surface area contributed by atoms with Crippen LogP contribution in [0, 0.1) is 0 Å². The summed E-state index contributed by atoms with van der Waals surface area (Å²) >= 11 is 1.36. The molecule has 9 heteroatoms. The Labute approximate surface area is 175 Å². The van der Waals surface area contributed by atoms with Gasteiger partial charge in [0.25, 0.3) is 5.91 Å². The van der Waals surface area contributed by atoms with Crippen molar-refractivity contribution in [2.24, 2.45) is 0 Å². The monoisotopic (exact) mass is 426 g/mol. The molecule has 3 heterocycles. The molecule has 1 fully saturated rings. The van der Waals surface area contributed by atoms with Crippen molar-refractivity contribution < 1.29 is 29.1 Å². The third kappa shape index (κ3) is 3.63. The number of carbonyl (C=O) groups excluding carboxylic acids is 5. The van der Waals surface area contributed by atoms with Crippen molar-refractivity contribution in [1.82, 2.24) is 10.2 Å². The van der Waals surface area contributed by atoms with Gasteiger partial charge in [-0.15, -0.1) is 11.3 Å². The smallest absolute Gasteiger partial charge is 0.256 e. The highest BCUT2D eigenvalue weighted by Gasteiger charge is 2.40. The van der Waals surface area contributed by atoms with Crippen LogP contribution < -0.4 is 5.32 Å². The van der Waals surface area contributed by atoms with Crippen LogP contribution in [0.4, 0.5) is 0 Å². The predicted molar refractivity (Wildman–Crippen MR) is 106 cm³/mol. The fraction of sp³-hybridized carbons (Fsp3) is 0.286. The van der Waals surface area contributed by atoms with E-state index in [2.05, 4.69) is 5.32 Å². The van der Waals surface area contributed by atoms with Gasteiger partial charge in [0.15, 0.2) is 0 Å². The Morgan fingerprint density at radius 1 is 1.17 bits per heavy atom. The topological polar surface area (TPSA) is 121 Å². The van der Waals surface area contributed by atoms with Gasteiger partial charge in [-0.05, 0) is 42.7 Å². The van der Waals surface area contributed by atoms with Gasteiger partial charge >= 0.3 is 0 Å². The van der Waals surface area contributed by atoms with Crippen molar-refractivity contribution in [3.63, 3.8) is 0 Å². The van der Waals surface area contributed by atoms with Crippen LogP contribution in [-0.4, -0.2) is 45.3 Å². The number of rotatable bonds is 6. The summed E-state index contributed by atoms with van der Waals surface area (Å²) in [6, 6.07) is 4.81. The molecular formula is C21H18N2O6S. The lowest BCUT2D eigenvalue weighted by atomic mass is 10.0. The number of piperidine rings is 1. The lowest BCUT2D eigenvalue weighted by Gasteiger charge is -2.29. The molecule has 4 rings (SSSR count). The van der Waals surface area contributed by atoms with E-state index in [0.717, 1.165) is 10.4 Å². The Morgan fingerprint density at radius 2 is 1.90 bits per heavy atom. The zero-order chi connectivity index (χ0) is 21.4. The molecule has 2 aromatic rings. The van der Waals surface area contributed by atoms with E-state index < -0.39 is 23.5 Å². The molecule has 3 amide bonds. The summed E-state index contributed by atoms with van der Waals surface area (Å²) in [7, 11) is 0. The van der Waals surface area contributed by atoms with Gasteiger partial charge in [0, 0.05) is 35.2 Å². The minimum atomic E-state index is -0.682. The number of aromatic hydroxyl groups is 1. The van der Waals surface area contributed by atoms with Crippen LogP contribution in [0.25, 0.3) is 0 Å². The van der Waals surface area contributed by atoms with E-state index in [1.54, 1.807) is 5.38 Å². The number of aryl methyl sites for hydroxylation is 1. The summed E-state index contributed by atoms with van der Waals surface area (Å²) in [4.78, 5) is 63.1. The number of fused-ring (bicyclic) bond motifs is 1. The Hall–Kier alpha value is -3.33. The second kappa shape index (κ2) is 7.83. The zero-order valence-electron chi connectivity index (χ0n) is 15.8. The van der Waals surface area contributed by atoms with Crippen LogP contribution in [0.3, 0.4) is 0 Å². The van der Waals surface area contributed by atoms with Gasteiger partial charge in [0.05, 0.1) is 5.56 Å². The molecule has 154 valence electrons. The molecule has 0 aliphatic carbocycles. The number of carbonyl (C=O) groups is 5. The first-order valence-electron chi connectivity index (χ1n) is 9.45. The molecule has 0 saturated carbocycles. The quantitative estimate of drug-likeness (QED) is 0.411. The summed E-state index contributed by atoms with van der Waals surface area (Å²) in [6.45, 7) is 0.249. The van der Waals surface area contributed by atoms with E-state index in [9.17, 15) is 29.1 Å². The molecule has 2 N–H and O–H groups in total. The molecule has 1 unspecified atom stereocenters. The highest BCUT2D eigenvalue weighted by Crippen LogP contribution is 2.34. The Bertz CT molecular complexity index is 1070. The summed E-state index contributed by atoms with van der Waals surface area (Å²) in [5.41, 5.74) is 1.50.